The third-order valence-corrected chi connectivity index (χ3v) is 1.98. The van der Waals surface area contributed by atoms with Crippen LogP contribution in [0.2, 0.25) is 0 Å². The minimum absolute atomic E-state index is 0.0655. The molecule has 0 fully saturated rings. The molecule has 14 heavy (non-hydrogen) atoms. The highest BCUT2D eigenvalue weighted by atomic mass is 16.5. The lowest BCUT2D eigenvalue weighted by Crippen LogP contribution is -2.15. The molecule has 0 radical (unpaired) electrons. The molecular formula is C10H16N2O2. The van der Waals surface area contributed by atoms with Crippen LogP contribution in [0.4, 0.5) is 0 Å². The maximum absolute atomic E-state index is 8.28. The second kappa shape index (κ2) is 7.03. The first kappa shape index (κ1) is 12.6. The Hall–Kier alpha value is -1.42. The number of hydrogen-bond acceptors (Lipinski definition) is 4. The Morgan fingerprint density at radius 1 is 0.929 bits per heavy atom. The summed E-state index contributed by atoms with van der Waals surface area (Å²) in [5.41, 5.74) is 0. The Labute approximate surface area is 85.0 Å². The van der Waals surface area contributed by atoms with Crippen molar-refractivity contribution in [1.29, 1.82) is 10.5 Å². The highest BCUT2D eigenvalue weighted by molar-refractivity contribution is 4.67. The van der Waals surface area contributed by atoms with Crippen molar-refractivity contribution in [2.24, 2.45) is 5.92 Å². The van der Waals surface area contributed by atoms with Gasteiger partial charge in [0.15, 0.2) is 0 Å². The molecular weight excluding hydrogens is 180 g/mol. The van der Waals surface area contributed by atoms with Crippen molar-refractivity contribution in [2.45, 2.75) is 45.8 Å². The van der Waals surface area contributed by atoms with Crippen molar-refractivity contribution in [1.82, 2.24) is 0 Å². The van der Waals surface area contributed by atoms with Gasteiger partial charge in [-0.25, -0.2) is 0 Å². The Kier molecular flexibility index (Phi) is 6.32. The zero-order valence-electron chi connectivity index (χ0n) is 8.86. The second-order valence-corrected chi connectivity index (χ2v) is 3.62. The number of ether oxygens (including phenoxy) is 2. The van der Waals surface area contributed by atoms with Crippen molar-refractivity contribution < 1.29 is 9.47 Å². The van der Waals surface area contributed by atoms with E-state index in [-0.39, 0.29) is 12.2 Å². The summed E-state index contributed by atoms with van der Waals surface area (Å²) in [4.78, 5) is 0. The first-order valence-electron chi connectivity index (χ1n) is 4.69. The summed E-state index contributed by atoms with van der Waals surface area (Å²) < 4.78 is 9.51. The molecule has 78 valence electrons. The predicted molar refractivity (Wildman–Crippen MR) is 50.7 cm³/mol. The molecule has 0 N–H and O–H groups in total. The molecule has 0 heterocycles. The number of hydrogen-bond donors (Lipinski definition) is 0. The van der Waals surface area contributed by atoms with Crippen LogP contribution in [0, 0.1) is 29.0 Å². The van der Waals surface area contributed by atoms with Gasteiger partial charge in [-0.1, -0.05) is 6.92 Å². The maximum atomic E-state index is 8.28. The van der Waals surface area contributed by atoms with Crippen LogP contribution in [0.25, 0.3) is 0 Å². The first-order valence-corrected chi connectivity index (χ1v) is 4.69. The van der Waals surface area contributed by atoms with E-state index in [4.69, 9.17) is 20.0 Å². The van der Waals surface area contributed by atoms with Crippen molar-refractivity contribution in [3.63, 3.8) is 0 Å². The highest BCUT2D eigenvalue weighted by Gasteiger charge is 2.13. The molecule has 0 aromatic rings. The van der Waals surface area contributed by atoms with Crippen LogP contribution in [0.15, 0.2) is 0 Å². The number of rotatable bonds is 6. The van der Waals surface area contributed by atoms with E-state index in [9.17, 15) is 0 Å². The fourth-order valence-corrected chi connectivity index (χ4v) is 1.51. The summed E-state index contributed by atoms with van der Waals surface area (Å²) in [6.07, 6.45) is 4.80. The largest absolute Gasteiger partial charge is 0.424 e. The molecule has 2 unspecified atom stereocenters. The van der Waals surface area contributed by atoms with Gasteiger partial charge in [-0.15, -0.1) is 0 Å². The summed E-state index contributed by atoms with van der Waals surface area (Å²) >= 11 is 0. The number of nitriles is 2. The summed E-state index contributed by atoms with van der Waals surface area (Å²) in [6, 6.07) is 0. The monoisotopic (exact) mass is 196 g/mol. The molecule has 0 bridgehead atoms. The Morgan fingerprint density at radius 2 is 1.29 bits per heavy atom. The molecule has 2 atom stereocenters. The van der Waals surface area contributed by atoms with Gasteiger partial charge in [-0.05, 0) is 32.6 Å². The maximum Gasteiger partial charge on any atom is 0.286 e. The molecule has 0 saturated heterocycles. The third-order valence-electron chi connectivity index (χ3n) is 1.98. The summed E-state index contributed by atoms with van der Waals surface area (Å²) in [5.74, 6) is 0.377. The minimum Gasteiger partial charge on any atom is -0.424 e. The molecule has 0 aromatic heterocycles. The smallest absolute Gasteiger partial charge is 0.286 e. The molecule has 0 aromatic carbocycles. The average Bonchev–Trinajstić information content (AvgIpc) is 2.03. The van der Waals surface area contributed by atoms with Crippen molar-refractivity contribution in [2.75, 3.05) is 0 Å². The van der Waals surface area contributed by atoms with Crippen LogP contribution in [0.3, 0.4) is 0 Å². The zero-order valence-corrected chi connectivity index (χ0v) is 8.86. The lowest BCUT2D eigenvalue weighted by Gasteiger charge is -2.17. The molecule has 0 aliphatic heterocycles. The Bertz CT molecular complexity index is 205. The minimum atomic E-state index is -0.0655. The molecule has 0 rings (SSSR count). The van der Waals surface area contributed by atoms with Crippen molar-refractivity contribution in [3.05, 3.63) is 0 Å². The summed E-state index contributed by atoms with van der Waals surface area (Å²) in [6.45, 7) is 5.76. The van der Waals surface area contributed by atoms with Gasteiger partial charge in [0.25, 0.3) is 12.5 Å². The van der Waals surface area contributed by atoms with Crippen LogP contribution >= 0.6 is 0 Å². The Balaban J connectivity index is 3.70. The van der Waals surface area contributed by atoms with E-state index >= 15 is 0 Å². The van der Waals surface area contributed by atoms with E-state index in [2.05, 4.69) is 6.92 Å². The molecule has 4 heteroatoms. The van der Waals surface area contributed by atoms with Crippen LogP contribution in [0.5, 0.6) is 0 Å². The van der Waals surface area contributed by atoms with Gasteiger partial charge >= 0.3 is 0 Å². The number of nitrogens with zero attached hydrogens (tertiary/aromatic N) is 2. The molecule has 0 amide bonds. The lowest BCUT2D eigenvalue weighted by molar-refractivity contribution is 0.116. The van der Waals surface area contributed by atoms with E-state index in [1.54, 1.807) is 12.5 Å². The van der Waals surface area contributed by atoms with Crippen LogP contribution in [-0.2, 0) is 9.47 Å². The predicted octanol–water partition coefficient (Wildman–Crippen LogP) is 2.18. The highest BCUT2D eigenvalue weighted by Crippen LogP contribution is 2.15. The van der Waals surface area contributed by atoms with E-state index in [1.807, 2.05) is 13.8 Å². The van der Waals surface area contributed by atoms with Crippen LogP contribution < -0.4 is 0 Å². The average molecular weight is 196 g/mol. The van der Waals surface area contributed by atoms with E-state index in [0.29, 0.717) is 5.92 Å². The van der Waals surface area contributed by atoms with Crippen molar-refractivity contribution >= 4 is 0 Å². The van der Waals surface area contributed by atoms with E-state index in [1.165, 1.54) is 0 Å². The molecule has 0 spiro atoms. The quantitative estimate of drug-likeness (QED) is 0.610. The molecule has 0 aliphatic rings. The molecule has 0 saturated carbocycles. The Morgan fingerprint density at radius 3 is 1.57 bits per heavy atom. The SMILES string of the molecule is CC(CC(C)OC#N)CC(C)OC#N. The van der Waals surface area contributed by atoms with Crippen molar-refractivity contribution in [3.8, 4) is 12.5 Å². The summed E-state index contributed by atoms with van der Waals surface area (Å²) in [5, 5.41) is 16.6. The van der Waals surface area contributed by atoms with Gasteiger partial charge < -0.3 is 9.47 Å². The van der Waals surface area contributed by atoms with Gasteiger partial charge in [-0.2, -0.15) is 10.5 Å². The standard InChI is InChI=1S/C10H16N2O2/c1-8(4-9(2)13-6-11)5-10(3)14-7-12/h8-10H,4-5H2,1-3H3. The van der Waals surface area contributed by atoms with Gasteiger partial charge in [-0.3, -0.25) is 0 Å². The van der Waals surface area contributed by atoms with E-state index < -0.39 is 0 Å². The summed E-state index contributed by atoms with van der Waals surface area (Å²) in [7, 11) is 0. The van der Waals surface area contributed by atoms with Gasteiger partial charge in [0.1, 0.15) is 12.2 Å². The zero-order chi connectivity index (χ0) is 11.0. The van der Waals surface area contributed by atoms with E-state index in [0.717, 1.165) is 12.8 Å². The fourth-order valence-electron chi connectivity index (χ4n) is 1.51. The normalized spacial score (nSPS) is 15.8. The topological polar surface area (TPSA) is 66.0 Å². The van der Waals surface area contributed by atoms with Crippen LogP contribution in [0.1, 0.15) is 33.6 Å². The molecule has 0 aliphatic carbocycles. The van der Waals surface area contributed by atoms with Gasteiger partial charge in [0, 0.05) is 0 Å². The molecule has 4 nitrogen and oxygen atoms in total. The fraction of sp³-hybridized carbons (Fsp3) is 0.800. The van der Waals surface area contributed by atoms with Crippen LogP contribution in [-0.4, -0.2) is 12.2 Å². The lowest BCUT2D eigenvalue weighted by atomic mass is 9.98. The van der Waals surface area contributed by atoms with Gasteiger partial charge in [0.2, 0.25) is 0 Å². The first-order chi connectivity index (χ1) is 6.60. The second-order valence-electron chi connectivity index (χ2n) is 3.62. The van der Waals surface area contributed by atoms with Gasteiger partial charge in [0.05, 0.1) is 0 Å². The third kappa shape index (κ3) is 6.14.